The number of carbonyl (C=O) groups is 1. The first-order chi connectivity index (χ1) is 11.5. The number of hydrogen-bond acceptors (Lipinski definition) is 3. The van der Waals surface area contributed by atoms with Crippen LogP contribution >= 0.6 is 11.3 Å². The van der Waals surface area contributed by atoms with E-state index in [0.29, 0.717) is 11.8 Å². The van der Waals surface area contributed by atoms with Crippen molar-refractivity contribution in [3.8, 4) is 0 Å². The zero-order chi connectivity index (χ0) is 17.3. The van der Waals surface area contributed by atoms with Crippen molar-refractivity contribution < 1.29 is 4.79 Å². The van der Waals surface area contributed by atoms with Gasteiger partial charge in [0.1, 0.15) is 0 Å². The second-order valence-electron chi connectivity index (χ2n) is 7.12. The maximum atomic E-state index is 12.7. The molecule has 4 heteroatoms. The van der Waals surface area contributed by atoms with Crippen LogP contribution in [0.4, 0.5) is 0 Å². The Bertz CT molecular complexity index is 749. The first-order valence-electron chi connectivity index (χ1n) is 8.53. The molecule has 0 saturated heterocycles. The lowest BCUT2D eigenvalue weighted by molar-refractivity contribution is -0.127. The van der Waals surface area contributed by atoms with Gasteiger partial charge >= 0.3 is 0 Å². The van der Waals surface area contributed by atoms with Crippen molar-refractivity contribution in [2.24, 2.45) is 11.8 Å². The maximum Gasteiger partial charge on any atom is 0.246 e. The Morgan fingerprint density at radius 3 is 2.71 bits per heavy atom. The predicted octanol–water partition coefficient (Wildman–Crippen LogP) is 4.17. The van der Waals surface area contributed by atoms with E-state index in [-0.39, 0.29) is 11.9 Å². The molecular weight excluding hydrogens is 316 g/mol. The highest BCUT2D eigenvalue weighted by Gasteiger charge is 2.43. The van der Waals surface area contributed by atoms with Gasteiger partial charge in [0.15, 0.2) is 0 Å². The number of fused-ring (bicyclic) bond motifs is 1. The van der Waals surface area contributed by atoms with Crippen LogP contribution in [0.1, 0.15) is 24.9 Å². The molecule has 1 aromatic carbocycles. The molecule has 128 valence electrons. The third-order valence-electron chi connectivity index (χ3n) is 4.90. The lowest BCUT2D eigenvalue weighted by atomic mass is 9.99. The van der Waals surface area contributed by atoms with Crippen molar-refractivity contribution in [3.63, 3.8) is 0 Å². The number of thiophene rings is 1. The van der Waals surface area contributed by atoms with Gasteiger partial charge in [-0.15, -0.1) is 11.3 Å². The molecule has 3 unspecified atom stereocenters. The Balaban J connectivity index is 1.87. The Labute approximate surface area is 148 Å². The summed E-state index contributed by atoms with van der Waals surface area (Å²) < 4.78 is 1.30. The number of rotatable bonds is 6. The van der Waals surface area contributed by atoms with Crippen LogP contribution in [-0.4, -0.2) is 43.4 Å². The molecular formula is C20H26N2OS. The van der Waals surface area contributed by atoms with E-state index in [1.54, 1.807) is 17.4 Å². The van der Waals surface area contributed by atoms with Crippen molar-refractivity contribution in [3.05, 3.63) is 47.4 Å². The van der Waals surface area contributed by atoms with Crippen LogP contribution in [0.15, 0.2) is 41.8 Å². The minimum atomic E-state index is 0.0937. The van der Waals surface area contributed by atoms with Crippen molar-refractivity contribution in [1.82, 2.24) is 9.80 Å². The van der Waals surface area contributed by atoms with Gasteiger partial charge in [0.05, 0.1) is 6.04 Å². The lowest BCUT2D eigenvalue weighted by Gasteiger charge is -2.28. The number of benzene rings is 1. The van der Waals surface area contributed by atoms with E-state index >= 15 is 0 Å². The summed E-state index contributed by atoms with van der Waals surface area (Å²) in [6, 6.07) is 8.69. The fourth-order valence-corrected chi connectivity index (χ4v) is 4.35. The highest BCUT2D eigenvalue weighted by Crippen LogP contribution is 2.51. The lowest BCUT2D eigenvalue weighted by Crippen LogP contribution is -2.31. The van der Waals surface area contributed by atoms with Gasteiger partial charge < -0.3 is 9.80 Å². The molecule has 24 heavy (non-hydrogen) atoms. The number of carbonyl (C=O) groups excluding carboxylic acids is 1. The third kappa shape index (κ3) is 3.55. The summed E-state index contributed by atoms with van der Waals surface area (Å²) >= 11 is 1.78. The first kappa shape index (κ1) is 17.2. The highest BCUT2D eigenvalue weighted by molar-refractivity contribution is 7.17. The molecule has 0 spiro atoms. The van der Waals surface area contributed by atoms with Gasteiger partial charge in [-0.2, -0.15) is 0 Å². The second-order valence-corrected chi connectivity index (χ2v) is 8.03. The average molecular weight is 343 g/mol. The van der Waals surface area contributed by atoms with Crippen LogP contribution in [0.5, 0.6) is 0 Å². The van der Waals surface area contributed by atoms with E-state index in [4.69, 9.17) is 0 Å². The summed E-state index contributed by atoms with van der Waals surface area (Å²) in [5, 5.41) is 3.54. The van der Waals surface area contributed by atoms with Crippen LogP contribution in [0.25, 0.3) is 10.1 Å². The molecule has 0 aliphatic heterocycles. The quantitative estimate of drug-likeness (QED) is 0.736. The van der Waals surface area contributed by atoms with Gasteiger partial charge in [-0.1, -0.05) is 31.2 Å². The fraction of sp³-hybridized carbons (Fsp3) is 0.450. The molecule has 1 heterocycles. The molecule has 1 saturated carbocycles. The maximum absolute atomic E-state index is 12.7. The van der Waals surface area contributed by atoms with Crippen molar-refractivity contribution >= 4 is 27.3 Å². The summed E-state index contributed by atoms with van der Waals surface area (Å²) in [7, 11) is 5.96. The van der Waals surface area contributed by atoms with E-state index in [2.05, 4.69) is 41.5 Å². The van der Waals surface area contributed by atoms with Crippen LogP contribution in [0.3, 0.4) is 0 Å². The average Bonchev–Trinajstić information content (AvgIpc) is 3.11. The standard InChI is InChI=1S/C20H26N2OS/c1-14-12-16(14)20(22(4)19(23)10-7-11-21(2)3)17-13-24-18-9-6-5-8-15(17)18/h5-10,13-14,16,20H,11-12H2,1-4H3/b10-7+. The molecule has 3 atom stereocenters. The van der Waals surface area contributed by atoms with E-state index in [9.17, 15) is 4.79 Å². The van der Waals surface area contributed by atoms with E-state index < -0.39 is 0 Å². The summed E-state index contributed by atoms with van der Waals surface area (Å²) in [5.74, 6) is 1.35. The topological polar surface area (TPSA) is 23.6 Å². The highest BCUT2D eigenvalue weighted by atomic mass is 32.1. The van der Waals surface area contributed by atoms with E-state index in [0.717, 1.165) is 6.54 Å². The first-order valence-corrected chi connectivity index (χ1v) is 9.41. The Kier molecular flexibility index (Phi) is 5.07. The minimum absolute atomic E-state index is 0.0937. The molecule has 3 rings (SSSR count). The monoisotopic (exact) mass is 342 g/mol. The van der Waals surface area contributed by atoms with Crippen molar-refractivity contribution in [2.45, 2.75) is 19.4 Å². The van der Waals surface area contributed by atoms with Gasteiger partial charge in [0.25, 0.3) is 0 Å². The minimum Gasteiger partial charge on any atom is -0.335 e. The molecule has 1 fully saturated rings. The Hall–Kier alpha value is -1.65. The van der Waals surface area contributed by atoms with Gasteiger partial charge in [-0.05, 0) is 54.7 Å². The van der Waals surface area contributed by atoms with Crippen molar-refractivity contribution in [1.29, 1.82) is 0 Å². The Morgan fingerprint density at radius 2 is 2.04 bits per heavy atom. The van der Waals surface area contributed by atoms with Gasteiger partial charge in [-0.25, -0.2) is 0 Å². The molecule has 1 amide bonds. The normalized spacial score (nSPS) is 21.5. The van der Waals surface area contributed by atoms with Crippen LogP contribution in [0.2, 0.25) is 0 Å². The van der Waals surface area contributed by atoms with Gasteiger partial charge in [-0.3, -0.25) is 4.79 Å². The molecule has 0 radical (unpaired) electrons. The molecule has 2 aromatic rings. The number of hydrogen-bond donors (Lipinski definition) is 0. The summed E-state index contributed by atoms with van der Waals surface area (Å²) in [6.07, 6.45) is 4.86. The van der Waals surface area contributed by atoms with Gasteiger partial charge in [0, 0.05) is 24.4 Å². The Morgan fingerprint density at radius 1 is 1.33 bits per heavy atom. The van der Waals surface area contributed by atoms with E-state index in [1.165, 1.54) is 22.1 Å². The molecule has 0 bridgehead atoms. The molecule has 3 nitrogen and oxygen atoms in total. The van der Waals surface area contributed by atoms with E-state index in [1.807, 2.05) is 32.1 Å². The van der Waals surface area contributed by atoms with Crippen LogP contribution in [-0.2, 0) is 4.79 Å². The zero-order valence-electron chi connectivity index (χ0n) is 14.9. The predicted molar refractivity (Wildman–Crippen MR) is 102 cm³/mol. The third-order valence-corrected chi connectivity index (χ3v) is 5.88. The molecule has 0 N–H and O–H groups in total. The summed E-state index contributed by atoms with van der Waals surface area (Å²) in [4.78, 5) is 16.7. The molecule has 1 aliphatic carbocycles. The number of nitrogens with zero attached hydrogens (tertiary/aromatic N) is 2. The number of amides is 1. The molecule has 1 aromatic heterocycles. The van der Waals surface area contributed by atoms with Crippen LogP contribution in [0, 0.1) is 11.8 Å². The largest absolute Gasteiger partial charge is 0.335 e. The SMILES string of the molecule is CC1CC1C(c1csc2ccccc12)N(C)C(=O)/C=C/CN(C)C. The zero-order valence-corrected chi connectivity index (χ0v) is 15.7. The van der Waals surface area contributed by atoms with Crippen LogP contribution < -0.4 is 0 Å². The van der Waals surface area contributed by atoms with Gasteiger partial charge in [0.2, 0.25) is 5.91 Å². The fourth-order valence-electron chi connectivity index (χ4n) is 3.36. The smallest absolute Gasteiger partial charge is 0.246 e. The number of likely N-dealkylation sites (N-methyl/N-ethyl adjacent to an activating group) is 2. The summed E-state index contributed by atoms with van der Waals surface area (Å²) in [6.45, 7) is 3.07. The molecule has 1 aliphatic rings. The second kappa shape index (κ2) is 7.08. The summed E-state index contributed by atoms with van der Waals surface area (Å²) in [5.41, 5.74) is 1.31. The van der Waals surface area contributed by atoms with Crippen molar-refractivity contribution in [2.75, 3.05) is 27.7 Å².